The summed E-state index contributed by atoms with van der Waals surface area (Å²) in [6.45, 7) is 9.99. The predicted molar refractivity (Wildman–Crippen MR) is 133 cm³/mol. The summed E-state index contributed by atoms with van der Waals surface area (Å²) in [5, 5.41) is 0. The van der Waals surface area contributed by atoms with Crippen molar-refractivity contribution in [3.8, 4) is 16.9 Å². The maximum Gasteiger partial charge on any atom is 0.177 e. The monoisotopic (exact) mass is 459 g/mol. The third-order valence-corrected chi connectivity index (χ3v) is 6.58. The highest BCUT2D eigenvalue weighted by atomic mass is 19.1. The summed E-state index contributed by atoms with van der Waals surface area (Å²) in [5.74, 6) is 1.20. The van der Waals surface area contributed by atoms with Gasteiger partial charge in [0.1, 0.15) is 24.9 Å². The van der Waals surface area contributed by atoms with Gasteiger partial charge < -0.3 is 14.6 Å². The largest absolute Gasteiger partial charge is 0.491 e. The van der Waals surface area contributed by atoms with Gasteiger partial charge in [0.2, 0.25) is 0 Å². The topological polar surface area (TPSA) is 66.4 Å². The van der Waals surface area contributed by atoms with E-state index in [4.69, 9.17) is 4.74 Å². The van der Waals surface area contributed by atoms with Gasteiger partial charge >= 0.3 is 0 Å². The maximum atomic E-state index is 13.0. The Bertz CT molecular complexity index is 1290. The number of nitrogens with zero attached hydrogens (tertiary/aromatic N) is 4. The Morgan fingerprint density at radius 3 is 3.00 bits per heavy atom. The molecule has 1 saturated carbocycles. The Kier molecular flexibility index (Phi) is 5.94. The van der Waals surface area contributed by atoms with Crippen LogP contribution in [0.5, 0.6) is 5.75 Å². The maximum absolute atomic E-state index is 13.0. The molecule has 0 radical (unpaired) electrons. The number of benzene rings is 1. The molecule has 0 unspecified atom stereocenters. The van der Waals surface area contributed by atoms with Gasteiger partial charge in [0.15, 0.2) is 5.65 Å². The second-order valence-electron chi connectivity index (χ2n) is 9.81. The van der Waals surface area contributed by atoms with E-state index < -0.39 is 6.67 Å². The molecule has 1 aliphatic heterocycles. The molecule has 6 nitrogen and oxygen atoms in total. The summed E-state index contributed by atoms with van der Waals surface area (Å²) in [4.78, 5) is 18.4. The number of aromatic amines is 1. The van der Waals surface area contributed by atoms with Gasteiger partial charge in [-0.25, -0.2) is 14.4 Å². The second-order valence-corrected chi connectivity index (χ2v) is 9.81. The molecule has 0 spiro atoms. The fraction of sp³-hybridized carbons (Fsp3) is 0.370. The molecule has 176 valence electrons. The Morgan fingerprint density at radius 1 is 1.29 bits per heavy atom. The van der Waals surface area contributed by atoms with Gasteiger partial charge in [-0.3, -0.25) is 4.99 Å². The van der Waals surface area contributed by atoms with Crippen molar-refractivity contribution in [3.05, 3.63) is 66.4 Å². The summed E-state index contributed by atoms with van der Waals surface area (Å²) in [6.07, 6.45) is 8.81. The lowest BCUT2D eigenvalue weighted by molar-refractivity contribution is 0.272. The van der Waals surface area contributed by atoms with E-state index in [1.165, 1.54) is 5.57 Å². The van der Waals surface area contributed by atoms with Crippen molar-refractivity contribution in [2.45, 2.75) is 46.3 Å². The number of hydrogen-bond acceptors (Lipinski definition) is 5. The summed E-state index contributed by atoms with van der Waals surface area (Å²) < 4.78 is 19.0. The van der Waals surface area contributed by atoms with E-state index in [1.807, 2.05) is 18.2 Å². The lowest BCUT2D eigenvalue weighted by Gasteiger charge is -2.33. The number of fused-ring (bicyclic) bond motifs is 2. The average molecular weight is 460 g/mol. The zero-order valence-electron chi connectivity index (χ0n) is 19.8. The first kappa shape index (κ1) is 22.3. The number of aliphatic imine (C=N–C) groups is 1. The van der Waals surface area contributed by atoms with Crippen molar-refractivity contribution < 1.29 is 9.13 Å². The molecule has 2 aliphatic rings. The minimum Gasteiger partial charge on any atom is -0.491 e. The normalized spacial score (nSPS) is 20.3. The van der Waals surface area contributed by atoms with Crippen molar-refractivity contribution in [3.63, 3.8) is 0 Å². The van der Waals surface area contributed by atoms with Crippen LogP contribution in [0.1, 0.15) is 44.5 Å². The molecule has 1 fully saturated rings. The Morgan fingerprint density at radius 2 is 2.18 bits per heavy atom. The zero-order chi connectivity index (χ0) is 23.7. The van der Waals surface area contributed by atoms with E-state index in [-0.39, 0.29) is 5.41 Å². The number of alkyl halides is 1. The van der Waals surface area contributed by atoms with Crippen LogP contribution in [-0.4, -0.2) is 38.7 Å². The number of hydrogen-bond donors (Lipinski definition) is 1. The highest BCUT2D eigenvalue weighted by Gasteiger charge is 2.28. The van der Waals surface area contributed by atoms with Crippen LogP contribution >= 0.6 is 0 Å². The van der Waals surface area contributed by atoms with Crippen LogP contribution < -0.4 is 4.74 Å². The van der Waals surface area contributed by atoms with E-state index in [0.717, 1.165) is 66.0 Å². The molecule has 1 aliphatic carbocycles. The molecule has 5 rings (SSSR count). The molecule has 3 heterocycles. The molecular formula is C27H30FN5O. The molecule has 7 heteroatoms. The van der Waals surface area contributed by atoms with Crippen LogP contribution in [0.15, 0.2) is 60.0 Å². The Hall–Kier alpha value is -3.48. The Labute approximate surface area is 199 Å². The molecule has 0 amide bonds. The first-order valence-corrected chi connectivity index (χ1v) is 11.7. The third kappa shape index (κ3) is 4.60. The van der Waals surface area contributed by atoms with Gasteiger partial charge in [-0.1, -0.05) is 26.5 Å². The highest BCUT2D eigenvalue weighted by molar-refractivity contribution is 6.01. The minimum absolute atomic E-state index is 0.264. The summed E-state index contributed by atoms with van der Waals surface area (Å²) in [7, 11) is 0. The zero-order valence-corrected chi connectivity index (χ0v) is 19.8. The SMILES string of the molecule is C=CN=C1CCC(C)(C)C/C1=C\N1CCOc2ccc(-c3cnc4nc(CF)[nH]c4c3)cc2C1. The molecule has 0 saturated heterocycles. The number of nitrogens with one attached hydrogen (secondary N) is 1. The highest BCUT2D eigenvalue weighted by Crippen LogP contribution is 2.38. The van der Waals surface area contributed by atoms with Gasteiger partial charge in [-0.05, 0) is 54.0 Å². The third-order valence-electron chi connectivity index (χ3n) is 6.58. The standard InChI is InChI=1S/C27H30FN5O/c1-4-29-22-7-8-27(2,3)13-21(22)17-33-9-10-34-24-6-5-18(11-20(24)16-33)19-12-23-26(30-15-19)32-25(14-28)31-23/h4-6,11-12,15,17H,1,7-10,13-14,16H2,2-3H3,(H,30,31,32)/b21-17+,29-22?. The van der Waals surface area contributed by atoms with Crippen LogP contribution in [0, 0.1) is 5.41 Å². The summed E-state index contributed by atoms with van der Waals surface area (Å²) >= 11 is 0. The average Bonchev–Trinajstić information content (AvgIpc) is 3.13. The lowest BCUT2D eigenvalue weighted by Crippen LogP contribution is -2.27. The molecule has 34 heavy (non-hydrogen) atoms. The van der Waals surface area contributed by atoms with Gasteiger partial charge in [0.05, 0.1) is 12.1 Å². The summed E-state index contributed by atoms with van der Waals surface area (Å²) in [5.41, 5.74) is 7.06. The number of H-pyrrole nitrogens is 1. The molecule has 0 atom stereocenters. The molecular weight excluding hydrogens is 429 g/mol. The van der Waals surface area contributed by atoms with E-state index in [2.05, 4.69) is 57.5 Å². The van der Waals surface area contributed by atoms with Gasteiger partial charge in [-0.2, -0.15) is 0 Å². The van der Waals surface area contributed by atoms with Crippen molar-refractivity contribution in [1.82, 2.24) is 19.9 Å². The fourth-order valence-electron chi connectivity index (χ4n) is 4.80. The smallest absolute Gasteiger partial charge is 0.177 e. The first-order chi connectivity index (χ1) is 16.4. The second kappa shape index (κ2) is 9.05. The number of rotatable bonds is 4. The van der Waals surface area contributed by atoms with Crippen LogP contribution in [0.3, 0.4) is 0 Å². The molecule has 0 bridgehead atoms. The van der Waals surface area contributed by atoms with E-state index in [0.29, 0.717) is 18.1 Å². The van der Waals surface area contributed by atoms with E-state index >= 15 is 0 Å². The quantitative estimate of drug-likeness (QED) is 0.522. The molecule has 1 N–H and O–H groups in total. The van der Waals surface area contributed by atoms with Crippen LogP contribution in [0.2, 0.25) is 0 Å². The minimum atomic E-state index is -0.635. The van der Waals surface area contributed by atoms with Crippen molar-refractivity contribution >= 4 is 16.9 Å². The number of allylic oxidation sites excluding steroid dienone is 1. The Balaban J connectivity index is 1.45. The van der Waals surface area contributed by atoms with Gasteiger partial charge in [-0.15, -0.1) is 0 Å². The fourth-order valence-corrected chi connectivity index (χ4v) is 4.80. The van der Waals surface area contributed by atoms with Crippen LogP contribution in [0.25, 0.3) is 22.3 Å². The molecule has 1 aromatic carbocycles. The van der Waals surface area contributed by atoms with Crippen molar-refractivity contribution in [1.29, 1.82) is 0 Å². The van der Waals surface area contributed by atoms with Crippen LogP contribution in [-0.2, 0) is 13.2 Å². The summed E-state index contributed by atoms with van der Waals surface area (Å²) in [6, 6.07) is 8.20. The number of ether oxygens (including phenoxy) is 1. The van der Waals surface area contributed by atoms with E-state index in [9.17, 15) is 4.39 Å². The van der Waals surface area contributed by atoms with E-state index in [1.54, 1.807) is 12.4 Å². The number of pyridine rings is 1. The number of imidazole rings is 1. The number of halogens is 1. The number of aromatic nitrogens is 3. The lowest BCUT2D eigenvalue weighted by atomic mass is 9.74. The van der Waals surface area contributed by atoms with Crippen LogP contribution in [0.4, 0.5) is 4.39 Å². The molecule has 3 aromatic rings. The van der Waals surface area contributed by atoms with Gasteiger partial charge in [0.25, 0.3) is 0 Å². The predicted octanol–water partition coefficient (Wildman–Crippen LogP) is 5.97. The van der Waals surface area contributed by atoms with Crippen molar-refractivity contribution in [2.75, 3.05) is 13.2 Å². The van der Waals surface area contributed by atoms with Crippen molar-refractivity contribution in [2.24, 2.45) is 10.4 Å². The molecule has 2 aromatic heterocycles. The van der Waals surface area contributed by atoms with Gasteiger partial charge in [0, 0.05) is 42.0 Å². The first-order valence-electron chi connectivity index (χ1n) is 11.7.